The summed E-state index contributed by atoms with van der Waals surface area (Å²) in [6.45, 7) is 7.70. The quantitative estimate of drug-likeness (QED) is 0.449. The van der Waals surface area contributed by atoms with Gasteiger partial charge in [-0.15, -0.1) is 0 Å². The zero-order chi connectivity index (χ0) is 21.1. The van der Waals surface area contributed by atoms with Crippen molar-refractivity contribution in [3.63, 3.8) is 0 Å². The Hall–Kier alpha value is -3.42. The highest BCUT2D eigenvalue weighted by Crippen LogP contribution is 2.25. The summed E-state index contributed by atoms with van der Waals surface area (Å²) in [5.41, 5.74) is 3.10. The molecule has 0 aromatic carbocycles. The van der Waals surface area contributed by atoms with Gasteiger partial charge in [0.25, 0.3) is 11.8 Å². The van der Waals surface area contributed by atoms with Gasteiger partial charge in [0.05, 0.1) is 5.56 Å². The molecule has 1 atom stereocenters. The van der Waals surface area contributed by atoms with Crippen molar-refractivity contribution in [1.82, 2.24) is 20.9 Å². The molecule has 152 valence electrons. The lowest BCUT2D eigenvalue weighted by atomic mass is 10.0. The number of aryl methyl sites for hydroxylation is 1. The molecule has 8 heteroatoms. The van der Waals surface area contributed by atoms with E-state index in [4.69, 9.17) is 0 Å². The van der Waals surface area contributed by atoms with E-state index in [-0.39, 0.29) is 24.3 Å². The Morgan fingerprint density at radius 3 is 2.69 bits per heavy atom. The lowest BCUT2D eigenvalue weighted by Crippen LogP contribution is -2.40. The maximum atomic E-state index is 13.8. The van der Waals surface area contributed by atoms with Crippen LogP contribution in [0.15, 0.2) is 41.8 Å². The van der Waals surface area contributed by atoms with Gasteiger partial charge >= 0.3 is 0 Å². The van der Waals surface area contributed by atoms with Gasteiger partial charge in [0.15, 0.2) is 0 Å². The molecule has 2 fully saturated rings. The molecule has 1 aromatic heterocycles. The molecule has 3 rings (SSSR count). The van der Waals surface area contributed by atoms with Gasteiger partial charge < -0.3 is 20.9 Å². The number of carbonyl (C=O) groups is 3. The molecule has 0 saturated carbocycles. The average Bonchev–Trinajstić information content (AvgIpc) is 3.29. The first-order chi connectivity index (χ1) is 13.8. The molecule has 0 radical (unpaired) electrons. The second-order valence-corrected chi connectivity index (χ2v) is 6.97. The molecule has 4 N–H and O–H groups in total. The largest absolute Gasteiger partial charge is 0.358 e. The predicted molar refractivity (Wildman–Crippen MR) is 108 cm³/mol. The number of carbonyl (C=O) groups excluding carboxylic acids is 3. The summed E-state index contributed by atoms with van der Waals surface area (Å²) in [6, 6.07) is -0.548. The van der Waals surface area contributed by atoms with Crippen LogP contribution in [0, 0.1) is 13.8 Å². The van der Waals surface area contributed by atoms with Crippen LogP contribution >= 0.6 is 0 Å². The Kier molecular flexibility index (Phi) is 5.81. The van der Waals surface area contributed by atoms with E-state index in [1.165, 1.54) is 18.2 Å². The fourth-order valence-corrected chi connectivity index (χ4v) is 3.49. The third-order valence-electron chi connectivity index (χ3n) is 4.97. The molecule has 0 spiro atoms. The Bertz CT molecular complexity index is 984. The molecule has 1 unspecified atom stereocenters. The van der Waals surface area contributed by atoms with Crippen LogP contribution in [0.4, 0.5) is 4.39 Å². The van der Waals surface area contributed by atoms with Crippen LogP contribution in [-0.4, -0.2) is 41.8 Å². The fraction of sp³-hybridized carbons (Fsp3) is 0.286. The van der Waals surface area contributed by atoms with E-state index in [9.17, 15) is 18.8 Å². The van der Waals surface area contributed by atoms with Gasteiger partial charge in [-0.1, -0.05) is 12.7 Å². The Balaban J connectivity index is 1.91. The van der Waals surface area contributed by atoms with Crippen LogP contribution in [0.3, 0.4) is 0 Å². The number of allylic oxidation sites excluding steroid dienone is 4. The lowest BCUT2D eigenvalue weighted by molar-refractivity contribution is -0.120. The number of aromatic amines is 1. The highest BCUT2D eigenvalue weighted by molar-refractivity contribution is 6.06. The van der Waals surface area contributed by atoms with Crippen molar-refractivity contribution >= 4 is 23.8 Å². The normalized spacial score (nSPS) is 22.2. The van der Waals surface area contributed by atoms with Gasteiger partial charge in [-0.2, -0.15) is 0 Å². The fourth-order valence-electron chi connectivity index (χ4n) is 3.49. The third-order valence-corrected chi connectivity index (χ3v) is 4.97. The van der Waals surface area contributed by atoms with Crippen LogP contribution in [0.2, 0.25) is 0 Å². The molecular formula is C21H23FN4O3. The number of rotatable bonds is 5. The summed E-state index contributed by atoms with van der Waals surface area (Å²) in [5.74, 6) is -1.37. The molecule has 7 nitrogen and oxygen atoms in total. The van der Waals surface area contributed by atoms with Crippen molar-refractivity contribution < 1.29 is 18.8 Å². The van der Waals surface area contributed by atoms with Gasteiger partial charge in [-0.05, 0) is 49.6 Å². The van der Waals surface area contributed by atoms with Crippen LogP contribution < -0.4 is 16.0 Å². The predicted octanol–water partition coefficient (Wildman–Crippen LogP) is 1.73. The van der Waals surface area contributed by atoms with Gasteiger partial charge in [0.2, 0.25) is 5.91 Å². The average molecular weight is 398 g/mol. The number of nitrogens with one attached hydrogen (secondary N) is 4. The summed E-state index contributed by atoms with van der Waals surface area (Å²) >= 11 is 0. The molecule has 1 aromatic rings. The van der Waals surface area contributed by atoms with E-state index in [0.717, 1.165) is 0 Å². The number of amides is 3. The van der Waals surface area contributed by atoms with Crippen molar-refractivity contribution in [3.8, 4) is 0 Å². The van der Waals surface area contributed by atoms with E-state index < -0.39 is 11.9 Å². The Morgan fingerprint density at radius 1 is 1.28 bits per heavy atom. The summed E-state index contributed by atoms with van der Waals surface area (Å²) in [6.07, 6.45) is 5.97. The Labute approximate surface area is 167 Å². The summed E-state index contributed by atoms with van der Waals surface area (Å²) < 4.78 is 13.8. The molecule has 0 aliphatic carbocycles. The topological polar surface area (TPSA) is 103 Å². The van der Waals surface area contributed by atoms with Crippen molar-refractivity contribution in [2.24, 2.45) is 0 Å². The second-order valence-electron chi connectivity index (χ2n) is 6.97. The minimum absolute atomic E-state index is 0.196. The number of hydrogen-bond donors (Lipinski definition) is 4. The van der Waals surface area contributed by atoms with Crippen LogP contribution in [0.25, 0.3) is 6.08 Å². The van der Waals surface area contributed by atoms with Gasteiger partial charge in [0.1, 0.15) is 11.9 Å². The molecule has 0 bridgehead atoms. The number of halogens is 1. The SMILES string of the molecule is C=C\C=C(F)/C=C1\CNC(=O)\C1=C/c1[nH]c(C)c(C(=O)NC2CCNC2=O)c1C. The van der Waals surface area contributed by atoms with E-state index in [1.807, 2.05) is 0 Å². The second kappa shape index (κ2) is 8.30. The first kappa shape index (κ1) is 20.3. The minimum Gasteiger partial charge on any atom is -0.358 e. The first-order valence-electron chi connectivity index (χ1n) is 9.28. The highest BCUT2D eigenvalue weighted by Gasteiger charge is 2.28. The molecular weight excluding hydrogens is 375 g/mol. The number of H-pyrrole nitrogens is 1. The van der Waals surface area contributed by atoms with Crippen molar-refractivity contribution in [2.75, 3.05) is 13.1 Å². The van der Waals surface area contributed by atoms with E-state index in [2.05, 4.69) is 27.5 Å². The number of hydrogen-bond acceptors (Lipinski definition) is 3. The molecule has 2 aliphatic heterocycles. The zero-order valence-corrected chi connectivity index (χ0v) is 16.3. The molecule has 29 heavy (non-hydrogen) atoms. The van der Waals surface area contributed by atoms with Gasteiger partial charge in [0, 0.05) is 30.1 Å². The monoisotopic (exact) mass is 398 g/mol. The maximum Gasteiger partial charge on any atom is 0.254 e. The van der Waals surface area contributed by atoms with Crippen LogP contribution in [0.5, 0.6) is 0 Å². The van der Waals surface area contributed by atoms with Crippen LogP contribution in [0.1, 0.15) is 33.7 Å². The van der Waals surface area contributed by atoms with Crippen molar-refractivity contribution in [3.05, 3.63) is 64.3 Å². The standard InChI is InChI=1S/C21H23FN4O3/c1-4-5-14(22)8-13-10-24-19(27)15(13)9-17-11(2)18(12(3)25-17)21(29)26-16-6-7-23-20(16)28/h4-5,8-9,16,25H,1,6-7,10H2,2-3H3,(H,23,28)(H,24,27)(H,26,29)/b13-8+,14-5+,15-9-. The first-order valence-corrected chi connectivity index (χ1v) is 9.28. The van der Waals surface area contributed by atoms with Crippen LogP contribution in [-0.2, 0) is 9.59 Å². The highest BCUT2D eigenvalue weighted by atomic mass is 19.1. The van der Waals surface area contributed by atoms with E-state index >= 15 is 0 Å². The minimum atomic E-state index is -0.548. The Morgan fingerprint density at radius 2 is 2.03 bits per heavy atom. The summed E-state index contributed by atoms with van der Waals surface area (Å²) in [4.78, 5) is 39.7. The molecule has 2 aliphatic rings. The third kappa shape index (κ3) is 4.21. The smallest absolute Gasteiger partial charge is 0.254 e. The van der Waals surface area contributed by atoms with E-state index in [0.29, 0.717) is 46.6 Å². The zero-order valence-electron chi connectivity index (χ0n) is 16.3. The van der Waals surface area contributed by atoms with Gasteiger partial charge in [-0.25, -0.2) is 4.39 Å². The molecule has 2 saturated heterocycles. The van der Waals surface area contributed by atoms with Crippen molar-refractivity contribution in [2.45, 2.75) is 26.3 Å². The van der Waals surface area contributed by atoms with E-state index in [1.54, 1.807) is 19.9 Å². The summed E-state index contributed by atoms with van der Waals surface area (Å²) in [5, 5.41) is 8.09. The summed E-state index contributed by atoms with van der Waals surface area (Å²) in [7, 11) is 0. The lowest BCUT2D eigenvalue weighted by Gasteiger charge is -2.10. The maximum absolute atomic E-state index is 13.8. The number of aromatic nitrogens is 1. The molecule has 3 heterocycles. The van der Waals surface area contributed by atoms with Crippen molar-refractivity contribution in [1.29, 1.82) is 0 Å². The molecule has 3 amide bonds. The van der Waals surface area contributed by atoms with Gasteiger partial charge in [-0.3, -0.25) is 14.4 Å².